The van der Waals surface area contributed by atoms with E-state index in [0.717, 1.165) is 0 Å². The summed E-state index contributed by atoms with van der Waals surface area (Å²) >= 11 is 11.7. The van der Waals surface area contributed by atoms with Crippen molar-refractivity contribution < 1.29 is 19.1 Å². The number of hydrogen-bond donors (Lipinski definition) is 2. The molecule has 0 aliphatic heterocycles. The van der Waals surface area contributed by atoms with Crippen molar-refractivity contribution in [2.24, 2.45) is 0 Å². The molecule has 0 saturated carbocycles. The molecule has 2 aromatic carbocycles. The maximum Gasteiger partial charge on any atom is 0.339 e. The van der Waals surface area contributed by atoms with Gasteiger partial charge >= 0.3 is 12.0 Å². The lowest BCUT2D eigenvalue weighted by Crippen LogP contribution is -2.32. The van der Waals surface area contributed by atoms with Crippen molar-refractivity contribution in [3.63, 3.8) is 0 Å². The minimum atomic E-state index is -0.546. The number of hydrogen-bond acceptors (Lipinski definition) is 4. The molecule has 8 heteroatoms. The third-order valence-electron chi connectivity index (χ3n) is 2.93. The molecule has 0 fully saturated rings. The SMILES string of the molecule is COC(=O)c1ccccc1NC(=O)NCOc1ccc(Cl)cc1Cl. The maximum absolute atomic E-state index is 11.9. The second kappa shape index (κ2) is 8.42. The molecular weight excluding hydrogens is 355 g/mol. The van der Waals surface area contributed by atoms with Gasteiger partial charge < -0.3 is 20.1 Å². The fraction of sp³-hybridized carbons (Fsp3) is 0.125. The van der Waals surface area contributed by atoms with E-state index in [1.807, 2.05) is 0 Å². The maximum atomic E-state index is 11.9. The van der Waals surface area contributed by atoms with E-state index in [0.29, 0.717) is 21.5 Å². The van der Waals surface area contributed by atoms with Crippen LogP contribution < -0.4 is 15.4 Å². The molecule has 0 radical (unpaired) electrons. The second-order valence-electron chi connectivity index (χ2n) is 4.53. The molecule has 0 aliphatic rings. The zero-order valence-corrected chi connectivity index (χ0v) is 14.1. The van der Waals surface area contributed by atoms with E-state index in [9.17, 15) is 9.59 Å². The van der Waals surface area contributed by atoms with Crippen molar-refractivity contribution in [1.82, 2.24) is 5.32 Å². The first-order chi connectivity index (χ1) is 11.5. The van der Waals surface area contributed by atoms with E-state index >= 15 is 0 Å². The lowest BCUT2D eigenvalue weighted by atomic mass is 10.2. The van der Waals surface area contributed by atoms with Gasteiger partial charge in [0.1, 0.15) is 5.75 Å². The van der Waals surface area contributed by atoms with E-state index in [2.05, 4.69) is 15.4 Å². The molecule has 0 aromatic heterocycles. The van der Waals surface area contributed by atoms with Crippen molar-refractivity contribution in [2.75, 3.05) is 19.2 Å². The first kappa shape index (κ1) is 17.9. The number of benzene rings is 2. The van der Waals surface area contributed by atoms with Crippen LogP contribution in [0.15, 0.2) is 42.5 Å². The van der Waals surface area contributed by atoms with Crippen LogP contribution >= 0.6 is 23.2 Å². The first-order valence-corrected chi connectivity index (χ1v) is 7.57. The smallest absolute Gasteiger partial charge is 0.339 e. The summed E-state index contributed by atoms with van der Waals surface area (Å²) in [6.45, 7) is -0.117. The second-order valence-corrected chi connectivity index (χ2v) is 5.38. The van der Waals surface area contributed by atoms with Crippen LogP contribution in [0, 0.1) is 0 Å². The van der Waals surface area contributed by atoms with Gasteiger partial charge in [-0.05, 0) is 30.3 Å². The van der Waals surface area contributed by atoms with Crippen molar-refractivity contribution >= 4 is 40.9 Å². The molecule has 0 saturated heterocycles. The van der Waals surface area contributed by atoms with E-state index < -0.39 is 12.0 Å². The molecule has 2 rings (SSSR count). The zero-order chi connectivity index (χ0) is 17.5. The quantitative estimate of drug-likeness (QED) is 0.618. The van der Waals surface area contributed by atoms with Crippen LogP contribution in [0.5, 0.6) is 5.75 Å². The number of anilines is 1. The molecule has 0 aliphatic carbocycles. The largest absolute Gasteiger partial charge is 0.472 e. The molecule has 2 aromatic rings. The Morgan fingerprint density at radius 2 is 1.88 bits per heavy atom. The molecular formula is C16H14Cl2N2O4. The van der Waals surface area contributed by atoms with E-state index in [-0.39, 0.29) is 12.3 Å². The number of para-hydroxylation sites is 1. The van der Waals surface area contributed by atoms with Gasteiger partial charge in [-0.15, -0.1) is 0 Å². The van der Waals surface area contributed by atoms with Crippen LogP contribution in [0.25, 0.3) is 0 Å². The average molecular weight is 369 g/mol. The third kappa shape index (κ3) is 4.78. The molecule has 2 amide bonds. The Labute approximate surface area is 148 Å². The highest BCUT2D eigenvalue weighted by Gasteiger charge is 2.13. The van der Waals surface area contributed by atoms with Gasteiger partial charge in [0.2, 0.25) is 0 Å². The van der Waals surface area contributed by atoms with Crippen LogP contribution in [0.2, 0.25) is 10.0 Å². The number of halogens is 2. The highest BCUT2D eigenvalue weighted by atomic mass is 35.5. The summed E-state index contributed by atoms with van der Waals surface area (Å²) in [6.07, 6.45) is 0. The van der Waals surface area contributed by atoms with Gasteiger partial charge in [-0.2, -0.15) is 0 Å². The minimum absolute atomic E-state index is 0.117. The van der Waals surface area contributed by atoms with Crippen LogP contribution in [0.4, 0.5) is 10.5 Å². The number of carbonyl (C=O) groups is 2. The number of rotatable bonds is 5. The predicted molar refractivity (Wildman–Crippen MR) is 91.9 cm³/mol. The fourth-order valence-electron chi connectivity index (χ4n) is 1.82. The molecule has 6 nitrogen and oxygen atoms in total. The topological polar surface area (TPSA) is 76.7 Å². The van der Waals surface area contributed by atoms with Gasteiger partial charge in [-0.3, -0.25) is 0 Å². The molecule has 0 unspecified atom stereocenters. The van der Waals surface area contributed by atoms with Crippen LogP contribution in [0.3, 0.4) is 0 Å². The van der Waals surface area contributed by atoms with Gasteiger partial charge in [0.05, 0.1) is 23.4 Å². The van der Waals surface area contributed by atoms with Crippen LogP contribution in [0.1, 0.15) is 10.4 Å². The predicted octanol–water partition coefficient (Wildman–Crippen LogP) is 3.94. The van der Waals surface area contributed by atoms with Crippen LogP contribution in [-0.4, -0.2) is 25.8 Å². The number of methoxy groups -OCH3 is 1. The van der Waals surface area contributed by atoms with Gasteiger partial charge in [-0.1, -0.05) is 35.3 Å². The zero-order valence-electron chi connectivity index (χ0n) is 12.6. The van der Waals surface area contributed by atoms with E-state index in [1.165, 1.54) is 13.2 Å². The molecule has 0 heterocycles. The fourth-order valence-corrected chi connectivity index (χ4v) is 2.28. The van der Waals surface area contributed by atoms with E-state index in [4.69, 9.17) is 27.9 Å². The van der Waals surface area contributed by atoms with Crippen LogP contribution in [-0.2, 0) is 4.74 Å². The van der Waals surface area contributed by atoms with Gasteiger partial charge in [0.15, 0.2) is 6.73 Å². The minimum Gasteiger partial charge on any atom is -0.472 e. The Kier molecular flexibility index (Phi) is 6.28. The Morgan fingerprint density at radius 3 is 2.58 bits per heavy atom. The van der Waals surface area contributed by atoms with Crippen molar-refractivity contribution in [3.05, 3.63) is 58.1 Å². The number of nitrogens with one attached hydrogen (secondary N) is 2. The first-order valence-electron chi connectivity index (χ1n) is 6.81. The number of esters is 1. The summed E-state index contributed by atoms with van der Waals surface area (Å²) in [5, 5.41) is 5.86. The summed E-state index contributed by atoms with van der Waals surface area (Å²) < 4.78 is 10.0. The summed E-state index contributed by atoms with van der Waals surface area (Å²) in [4.78, 5) is 23.5. The molecule has 126 valence electrons. The summed E-state index contributed by atoms with van der Waals surface area (Å²) in [7, 11) is 1.27. The monoisotopic (exact) mass is 368 g/mol. The average Bonchev–Trinajstić information content (AvgIpc) is 2.56. The molecule has 0 bridgehead atoms. The third-order valence-corrected chi connectivity index (χ3v) is 3.47. The lowest BCUT2D eigenvalue weighted by Gasteiger charge is -2.12. The molecule has 0 atom stereocenters. The number of amides is 2. The Bertz CT molecular complexity index is 753. The highest BCUT2D eigenvalue weighted by molar-refractivity contribution is 6.35. The van der Waals surface area contributed by atoms with Gasteiger partial charge in [-0.25, -0.2) is 9.59 Å². The normalized spacial score (nSPS) is 9.96. The Morgan fingerprint density at radius 1 is 1.12 bits per heavy atom. The summed E-state index contributed by atoms with van der Waals surface area (Å²) in [5.41, 5.74) is 0.572. The highest BCUT2D eigenvalue weighted by Crippen LogP contribution is 2.27. The lowest BCUT2D eigenvalue weighted by molar-refractivity contribution is 0.0602. The summed E-state index contributed by atoms with van der Waals surface area (Å²) in [5.74, 6) is -0.161. The van der Waals surface area contributed by atoms with Gasteiger partial charge in [0.25, 0.3) is 0 Å². The molecule has 2 N–H and O–H groups in total. The van der Waals surface area contributed by atoms with E-state index in [1.54, 1.807) is 36.4 Å². The van der Waals surface area contributed by atoms with Crippen molar-refractivity contribution in [1.29, 1.82) is 0 Å². The summed E-state index contributed by atoms with van der Waals surface area (Å²) in [6, 6.07) is 10.7. The van der Waals surface area contributed by atoms with Crippen molar-refractivity contribution in [3.8, 4) is 5.75 Å². The number of urea groups is 1. The number of carbonyl (C=O) groups excluding carboxylic acids is 2. The Balaban J connectivity index is 1.91. The molecule has 24 heavy (non-hydrogen) atoms. The standard InChI is InChI=1S/C16H14Cl2N2O4/c1-23-15(21)11-4-2-3-5-13(11)20-16(22)19-9-24-14-7-6-10(17)8-12(14)18/h2-8H,9H2,1H3,(H2,19,20,22). The number of ether oxygens (including phenoxy) is 2. The van der Waals surface area contributed by atoms with Crippen molar-refractivity contribution in [2.45, 2.75) is 0 Å². The Hall–Kier alpha value is -2.44. The van der Waals surface area contributed by atoms with Gasteiger partial charge in [0, 0.05) is 5.02 Å². The molecule has 0 spiro atoms.